The maximum absolute atomic E-state index is 13.0. The zero-order chi connectivity index (χ0) is 13.7. The molecule has 2 aromatic rings. The summed E-state index contributed by atoms with van der Waals surface area (Å²) in [4.78, 5) is 0. The first-order chi connectivity index (χ1) is 9.22. The van der Waals surface area contributed by atoms with Crippen LogP contribution in [0.3, 0.4) is 0 Å². The fraction of sp³-hybridized carbons (Fsp3) is 0.133. The molecule has 0 atom stereocenters. The van der Waals surface area contributed by atoms with E-state index < -0.39 is 5.82 Å². The second-order valence-corrected chi connectivity index (χ2v) is 4.00. The Morgan fingerprint density at radius 1 is 1.21 bits per heavy atom. The van der Waals surface area contributed by atoms with Crippen LogP contribution < -0.4 is 10.1 Å². The fourth-order valence-electron chi connectivity index (χ4n) is 1.70. The minimum Gasteiger partial charge on any atom is -0.497 e. The lowest BCUT2D eigenvalue weighted by Crippen LogP contribution is -2.01. The summed E-state index contributed by atoms with van der Waals surface area (Å²) in [6.07, 6.45) is 0. The highest BCUT2D eigenvalue weighted by Crippen LogP contribution is 2.18. The van der Waals surface area contributed by atoms with Gasteiger partial charge in [0, 0.05) is 6.54 Å². The number of nitrogens with zero attached hydrogens (tertiary/aromatic N) is 1. The topological polar surface area (TPSA) is 45.0 Å². The molecule has 0 saturated heterocycles. The standard InChI is InChI=1S/C15H13FN2O/c1-19-14-5-2-11(3-6-14)10-18-15-7-4-13(16)8-12(15)9-17/h2-8,18H,10H2,1H3. The fourth-order valence-corrected chi connectivity index (χ4v) is 1.70. The van der Waals surface area contributed by atoms with Gasteiger partial charge in [-0.25, -0.2) is 4.39 Å². The van der Waals surface area contributed by atoms with Crippen LogP contribution >= 0.6 is 0 Å². The van der Waals surface area contributed by atoms with Crippen LogP contribution in [-0.4, -0.2) is 7.11 Å². The average Bonchev–Trinajstić information content (AvgIpc) is 2.46. The third kappa shape index (κ3) is 3.23. The van der Waals surface area contributed by atoms with Gasteiger partial charge < -0.3 is 10.1 Å². The number of hydrogen-bond donors (Lipinski definition) is 1. The van der Waals surface area contributed by atoms with Gasteiger partial charge in [0.15, 0.2) is 0 Å². The molecular formula is C15H13FN2O. The van der Waals surface area contributed by atoms with Crippen molar-refractivity contribution in [3.05, 3.63) is 59.4 Å². The van der Waals surface area contributed by atoms with Gasteiger partial charge in [0.1, 0.15) is 17.6 Å². The van der Waals surface area contributed by atoms with Gasteiger partial charge in [-0.05, 0) is 35.9 Å². The Balaban J connectivity index is 2.08. The van der Waals surface area contributed by atoms with Crippen molar-refractivity contribution in [2.45, 2.75) is 6.54 Å². The summed E-state index contributed by atoms with van der Waals surface area (Å²) < 4.78 is 18.1. The molecule has 0 radical (unpaired) electrons. The van der Waals surface area contributed by atoms with E-state index >= 15 is 0 Å². The van der Waals surface area contributed by atoms with E-state index in [9.17, 15) is 4.39 Å². The van der Waals surface area contributed by atoms with Crippen LogP contribution in [0.15, 0.2) is 42.5 Å². The van der Waals surface area contributed by atoms with Gasteiger partial charge in [-0.15, -0.1) is 0 Å². The van der Waals surface area contributed by atoms with Crippen LogP contribution in [0.2, 0.25) is 0 Å². The third-order valence-corrected chi connectivity index (χ3v) is 2.74. The molecule has 4 heteroatoms. The highest BCUT2D eigenvalue weighted by Gasteiger charge is 2.03. The predicted octanol–water partition coefficient (Wildman–Crippen LogP) is 3.32. The summed E-state index contributed by atoms with van der Waals surface area (Å²) in [5.74, 6) is 0.384. The lowest BCUT2D eigenvalue weighted by atomic mass is 10.1. The molecule has 0 aliphatic carbocycles. The molecule has 0 amide bonds. The van der Waals surface area contributed by atoms with Crippen LogP contribution in [0.5, 0.6) is 5.75 Å². The van der Waals surface area contributed by atoms with Crippen molar-refractivity contribution >= 4 is 5.69 Å². The number of nitriles is 1. The number of rotatable bonds is 4. The van der Waals surface area contributed by atoms with Crippen molar-refractivity contribution in [2.24, 2.45) is 0 Å². The lowest BCUT2D eigenvalue weighted by molar-refractivity contribution is 0.414. The van der Waals surface area contributed by atoms with Crippen molar-refractivity contribution < 1.29 is 9.13 Å². The first-order valence-corrected chi connectivity index (χ1v) is 5.79. The van der Waals surface area contributed by atoms with E-state index in [2.05, 4.69) is 5.32 Å². The van der Waals surface area contributed by atoms with Gasteiger partial charge in [0.05, 0.1) is 18.4 Å². The molecule has 0 bridgehead atoms. The third-order valence-electron chi connectivity index (χ3n) is 2.74. The Morgan fingerprint density at radius 2 is 1.95 bits per heavy atom. The molecular weight excluding hydrogens is 243 g/mol. The Labute approximate surface area is 111 Å². The summed E-state index contributed by atoms with van der Waals surface area (Å²) in [6.45, 7) is 0.560. The number of hydrogen-bond acceptors (Lipinski definition) is 3. The molecule has 0 aliphatic rings. The van der Waals surface area contributed by atoms with Gasteiger partial charge in [0.2, 0.25) is 0 Å². The maximum Gasteiger partial charge on any atom is 0.124 e. The molecule has 2 rings (SSSR count). The molecule has 0 spiro atoms. The Hall–Kier alpha value is -2.54. The second kappa shape index (κ2) is 5.87. The van der Waals surface area contributed by atoms with Gasteiger partial charge in [0.25, 0.3) is 0 Å². The summed E-state index contributed by atoms with van der Waals surface area (Å²) in [5, 5.41) is 12.1. The normalized spacial score (nSPS) is 9.74. The van der Waals surface area contributed by atoms with Crippen LogP contribution in [0, 0.1) is 17.1 Å². The molecule has 0 saturated carbocycles. The largest absolute Gasteiger partial charge is 0.497 e. The number of halogens is 1. The van der Waals surface area contributed by atoms with E-state index in [4.69, 9.17) is 10.00 Å². The van der Waals surface area contributed by atoms with Gasteiger partial charge in [-0.2, -0.15) is 5.26 Å². The molecule has 3 nitrogen and oxygen atoms in total. The van der Waals surface area contributed by atoms with Crippen molar-refractivity contribution in [1.29, 1.82) is 5.26 Å². The van der Waals surface area contributed by atoms with Crippen molar-refractivity contribution in [3.63, 3.8) is 0 Å². The Bertz CT molecular complexity index is 603. The first kappa shape index (κ1) is 12.9. The molecule has 2 aromatic carbocycles. The highest BCUT2D eigenvalue weighted by molar-refractivity contribution is 5.57. The Kier molecular flexibility index (Phi) is 3.99. The number of nitrogens with one attached hydrogen (secondary N) is 1. The molecule has 0 unspecified atom stereocenters. The summed E-state index contributed by atoms with van der Waals surface area (Å²) >= 11 is 0. The van der Waals surface area contributed by atoms with E-state index in [1.807, 2.05) is 30.3 Å². The van der Waals surface area contributed by atoms with Crippen LogP contribution in [0.4, 0.5) is 10.1 Å². The maximum atomic E-state index is 13.0. The summed E-state index contributed by atoms with van der Waals surface area (Å²) in [5.41, 5.74) is 1.97. The summed E-state index contributed by atoms with van der Waals surface area (Å²) in [6, 6.07) is 13.7. The number of ether oxygens (including phenoxy) is 1. The monoisotopic (exact) mass is 256 g/mol. The van der Waals surface area contributed by atoms with E-state index in [-0.39, 0.29) is 0 Å². The number of benzene rings is 2. The van der Waals surface area contributed by atoms with E-state index in [1.54, 1.807) is 13.2 Å². The molecule has 0 fully saturated rings. The van der Waals surface area contributed by atoms with Crippen LogP contribution in [0.1, 0.15) is 11.1 Å². The van der Waals surface area contributed by atoms with Crippen molar-refractivity contribution in [3.8, 4) is 11.8 Å². The average molecular weight is 256 g/mol. The van der Waals surface area contributed by atoms with Gasteiger partial charge >= 0.3 is 0 Å². The van der Waals surface area contributed by atoms with E-state index in [0.29, 0.717) is 17.8 Å². The van der Waals surface area contributed by atoms with Crippen LogP contribution in [-0.2, 0) is 6.54 Å². The summed E-state index contributed by atoms with van der Waals surface area (Å²) in [7, 11) is 1.62. The van der Waals surface area contributed by atoms with Gasteiger partial charge in [-0.3, -0.25) is 0 Å². The van der Waals surface area contributed by atoms with E-state index in [0.717, 1.165) is 11.3 Å². The number of anilines is 1. The van der Waals surface area contributed by atoms with Crippen LogP contribution in [0.25, 0.3) is 0 Å². The molecule has 0 aromatic heterocycles. The zero-order valence-corrected chi connectivity index (χ0v) is 10.5. The quantitative estimate of drug-likeness (QED) is 0.912. The first-order valence-electron chi connectivity index (χ1n) is 5.79. The predicted molar refractivity (Wildman–Crippen MR) is 71.4 cm³/mol. The highest BCUT2D eigenvalue weighted by atomic mass is 19.1. The minimum absolute atomic E-state index is 0.300. The SMILES string of the molecule is COc1ccc(CNc2ccc(F)cc2C#N)cc1. The second-order valence-electron chi connectivity index (χ2n) is 4.00. The zero-order valence-electron chi connectivity index (χ0n) is 10.5. The molecule has 19 heavy (non-hydrogen) atoms. The molecule has 1 N–H and O–H groups in total. The molecule has 0 heterocycles. The molecule has 0 aliphatic heterocycles. The van der Waals surface area contributed by atoms with Crippen molar-refractivity contribution in [2.75, 3.05) is 12.4 Å². The smallest absolute Gasteiger partial charge is 0.124 e. The van der Waals surface area contributed by atoms with E-state index in [1.165, 1.54) is 12.1 Å². The minimum atomic E-state index is -0.411. The van der Waals surface area contributed by atoms with Crippen molar-refractivity contribution in [1.82, 2.24) is 0 Å². The molecule has 96 valence electrons. The number of methoxy groups -OCH3 is 1. The lowest BCUT2D eigenvalue weighted by Gasteiger charge is -2.09. The Morgan fingerprint density at radius 3 is 2.58 bits per heavy atom. The van der Waals surface area contributed by atoms with Gasteiger partial charge in [-0.1, -0.05) is 12.1 Å².